The van der Waals surface area contributed by atoms with E-state index in [1.165, 1.54) is 0 Å². The van der Waals surface area contributed by atoms with Gasteiger partial charge in [0.25, 0.3) is 0 Å². The maximum Gasteiger partial charge on any atom is 0.500 e. The zero-order valence-corrected chi connectivity index (χ0v) is 17.9. The van der Waals surface area contributed by atoms with Gasteiger partial charge in [-0.1, -0.05) is 40.0 Å². The van der Waals surface area contributed by atoms with E-state index in [0.717, 1.165) is 38.6 Å². The number of hydrogen-bond donors (Lipinski definition) is 1. The predicted molar refractivity (Wildman–Crippen MR) is 101 cm³/mol. The summed E-state index contributed by atoms with van der Waals surface area (Å²) in [6, 6.07) is 0.531. The minimum Gasteiger partial charge on any atom is -0.377 e. The zero-order valence-electron chi connectivity index (χ0n) is 16.9. The van der Waals surface area contributed by atoms with Crippen LogP contribution in [0.15, 0.2) is 0 Å². The second-order valence-electron chi connectivity index (χ2n) is 7.36. The van der Waals surface area contributed by atoms with E-state index in [-0.39, 0.29) is 17.1 Å². The molecule has 0 bridgehead atoms. The molecule has 0 fully saturated rings. The van der Waals surface area contributed by atoms with Gasteiger partial charge < -0.3 is 18.6 Å². The number of rotatable bonds is 14. The zero-order chi connectivity index (χ0) is 19.3. The topological polar surface area (TPSA) is 73.9 Å². The average molecular weight is 376 g/mol. The van der Waals surface area contributed by atoms with E-state index < -0.39 is 8.80 Å². The summed E-state index contributed by atoms with van der Waals surface area (Å²) in [5.41, 5.74) is -0.324. The number of Topliss-reactive ketones (excluding diaryl/α,β-unsaturated/α-hetero) is 1. The Kier molecular flexibility index (Phi) is 12.2. The molecular formula is C18H37NO5Si. The van der Waals surface area contributed by atoms with Crippen LogP contribution in [-0.2, 0) is 22.9 Å². The van der Waals surface area contributed by atoms with Crippen molar-refractivity contribution >= 4 is 20.5 Å². The predicted octanol–water partition coefficient (Wildman–Crippen LogP) is 3.33. The highest BCUT2D eigenvalue weighted by Gasteiger charge is 2.37. The van der Waals surface area contributed by atoms with Crippen molar-refractivity contribution in [3.63, 3.8) is 0 Å². The maximum absolute atomic E-state index is 11.9. The summed E-state index contributed by atoms with van der Waals surface area (Å²) in [4.78, 5) is 23.6. The molecular weight excluding hydrogens is 338 g/mol. The number of hydrogen-bond acceptors (Lipinski definition) is 5. The van der Waals surface area contributed by atoms with E-state index in [1.807, 2.05) is 20.8 Å². The summed E-state index contributed by atoms with van der Waals surface area (Å²) in [6.45, 7) is 6.47. The molecule has 0 aromatic heterocycles. The van der Waals surface area contributed by atoms with Crippen molar-refractivity contribution in [1.82, 2.24) is 5.32 Å². The second-order valence-corrected chi connectivity index (χ2v) is 10.4. The van der Waals surface area contributed by atoms with Gasteiger partial charge in [0.05, 0.1) is 0 Å². The monoisotopic (exact) mass is 375 g/mol. The van der Waals surface area contributed by atoms with Crippen molar-refractivity contribution in [2.45, 2.75) is 71.8 Å². The molecule has 25 heavy (non-hydrogen) atoms. The molecule has 0 spiro atoms. The van der Waals surface area contributed by atoms with Crippen molar-refractivity contribution < 1.29 is 22.9 Å². The van der Waals surface area contributed by atoms with Crippen LogP contribution in [0.2, 0.25) is 6.04 Å². The lowest BCUT2D eigenvalue weighted by molar-refractivity contribution is -0.128. The van der Waals surface area contributed by atoms with E-state index in [4.69, 9.17) is 13.3 Å². The quantitative estimate of drug-likeness (QED) is 0.372. The lowest BCUT2D eigenvalue weighted by atomic mass is 9.96. The first kappa shape index (κ1) is 24.2. The van der Waals surface area contributed by atoms with E-state index in [1.54, 1.807) is 21.3 Å². The van der Waals surface area contributed by atoms with Crippen molar-refractivity contribution in [3.05, 3.63) is 0 Å². The van der Waals surface area contributed by atoms with Crippen LogP contribution in [0.25, 0.3) is 0 Å². The molecule has 148 valence electrons. The van der Waals surface area contributed by atoms with Crippen molar-refractivity contribution in [2.24, 2.45) is 5.41 Å². The van der Waals surface area contributed by atoms with Crippen molar-refractivity contribution in [3.8, 4) is 0 Å². The molecule has 0 radical (unpaired) electrons. The molecule has 0 aliphatic carbocycles. The first-order valence-electron chi connectivity index (χ1n) is 9.16. The number of carbonyl (C=O) groups is 2. The Balaban J connectivity index is 3.66. The van der Waals surface area contributed by atoms with Crippen LogP contribution in [0, 0.1) is 5.41 Å². The lowest BCUT2D eigenvalue weighted by Crippen LogP contribution is -2.43. The first-order chi connectivity index (χ1) is 11.7. The van der Waals surface area contributed by atoms with E-state index in [2.05, 4.69) is 5.32 Å². The number of carbonyl (C=O) groups excluding carboxylic acids is 2. The van der Waals surface area contributed by atoms with E-state index in [9.17, 15) is 9.59 Å². The molecule has 1 N–H and O–H groups in total. The third kappa shape index (κ3) is 10.7. The SMILES string of the molecule is CO[Si](CCC(=O)CCCCCCCNC(=O)C(C)(C)C)(OC)OC. The number of nitrogens with one attached hydrogen (secondary N) is 1. The lowest BCUT2D eigenvalue weighted by Gasteiger charge is -2.23. The Morgan fingerprint density at radius 3 is 1.88 bits per heavy atom. The molecule has 0 aliphatic rings. The fourth-order valence-corrected chi connectivity index (χ4v) is 4.12. The Hall–Kier alpha value is -0.763. The summed E-state index contributed by atoms with van der Waals surface area (Å²) in [7, 11) is 2.06. The Bertz CT molecular complexity index is 383. The van der Waals surface area contributed by atoms with Gasteiger partial charge in [0.1, 0.15) is 5.78 Å². The van der Waals surface area contributed by atoms with Gasteiger partial charge in [0.15, 0.2) is 0 Å². The second kappa shape index (κ2) is 12.6. The van der Waals surface area contributed by atoms with Gasteiger partial charge in [-0.3, -0.25) is 9.59 Å². The molecule has 0 aromatic carbocycles. The number of unbranched alkanes of at least 4 members (excludes halogenated alkanes) is 4. The van der Waals surface area contributed by atoms with Crippen molar-refractivity contribution in [2.75, 3.05) is 27.9 Å². The van der Waals surface area contributed by atoms with Gasteiger partial charge in [-0.05, 0) is 12.8 Å². The fourth-order valence-electron chi connectivity index (χ4n) is 2.42. The highest BCUT2D eigenvalue weighted by atomic mass is 28.4. The van der Waals surface area contributed by atoms with Gasteiger partial charge >= 0.3 is 8.80 Å². The van der Waals surface area contributed by atoms with Crippen molar-refractivity contribution in [1.29, 1.82) is 0 Å². The molecule has 0 rings (SSSR count). The Labute approximate surface area is 154 Å². The van der Waals surface area contributed by atoms with Crippen LogP contribution in [0.1, 0.15) is 65.7 Å². The first-order valence-corrected chi connectivity index (χ1v) is 11.1. The molecule has 0 saturated carbocycles. The third-order valence-corrected chi connectivity index (χ3v) is 6.97. The van der Waals surface area contributed by atoms with E-state index >= 15 is 0 Å². The standard InChI is InChI=1S/C18H37NO5Si/c1-18(2,3)17(21)19-14-11-9-7-8-10-12-16(20)13-15-25(22-4,23-5)24-6/h7-15H2,1-6H3,(H,19,21). The smallest absolute Gasteiger partial charge is 0.377 e. The van der Waals surface area contributed by atoms with Gasteiger partial charge in [-0.2, -0.15) is 0 Å². The minimum atomic E-state index is -2.63. The molecule has 6 nitrogen and oxygen atoms in total. The van der Waals surface area contributed by atoms with Crippen LogP contribution in [-0.4, -0.2) is 48.4 Å². The number of amides is 1. The summed E-state index contributed by atoms with van der Waals surface area (Å²) in [5.74, 6) is 0.335. The third-order valence-electron chi connectivity index (χ3n) is 4.24. The van der Waals surface area contributed by atoms with Gasteiger partial charge in [0, 0.05) is 52.2 Å². The molecule has 7 heteroatoms. The van der Waals surface area contributed by atoms with Gasteiger partial charge in [-0.25, -0.2) is 0 Å². The largest absolute Gasteiger partial charge is 0.500 e. The van der Waals surface area contributed by atoms with Crippen LogP contribution >= 0.6 is 0 Å². The van der Waals surface area contributed by atoms with Crippen LogP contribution in [0.5, 0.6) is 0 Å². The average Bonchev–Trinajstić information content (AvgIpc) is 2.57. The summed E-state index contributed by atoms with van der Waals surface area (Å²) < 4.78 is 16.0. The molecule has 0 unspecified atom stereocenters. The highest BCUT2D eigenvalue weighted by Crippen LogP contribution is 2.17. The van der Waals surface area contributed by atoms with Crippen LogP contribution in [0.4, 0.5) is 0 Å². The normalized spacial score (nSPS) is 12.2. The molecule has 0 heterocycles. The molecule has 0 aromatic rings. The van der Waals surface area contributed by atoms with Gasteiger partial charge in [-0.15, -0.1) is 0 Å². The number of ketones is 1. The van der Waals surface area contributed by atoms with Gasteiger partial charge in [0.2, 0.25) is 5.91 Å². The molecule has 0 saturated heterocycles. The van der Waals surface area contributed by atoms with Crippen LogP contribution < -0.4 is 5.32 Å². The van der Waals surface area contributed by atoms with E-state index in [0.29, 0.717) is 18.9 Å². The summed E-state index contributed by atoms with van der Waals surface area (Å²) >= 11 is 0. The molecule has 1 amide bonds. The maximum atomic E-state index is 11.9. The van der Waals surface area contributed by atoms with Crippen LogP contribution in [0.3, 0.4) is 0 Å². The molecule has 0 aliphatic heterocycles. The summed E-state index contributed by atoms with van der Waals surface area (Å²) in [6.07, 6.45) is 6.15. The minimum absolute atomic E-state index is 0.0981. The Morgan fingerprint density at radius 2 is 1.36 bits per heavy atom. The fraction of sp³-hybridized carbons (Fsp3) is 0.889. The molecule has 0 atom stereocenters. The Morgan fingerprint density at radius 1 is 0.840 bits per heavy atom. The highest BCUT2D eigenvalue weighted by molar-refractivity contribution is 6.60. The summed E-state index contributed by atoms with van der Waals surface area (Å²) in [5, 5.41) is 2.95.